The van der Waals surface area contributed by atoms with Crippen molar-refractivity contribution in [3.63, 3.8) is 0 Å². The molecule has 3 heterocycles. The molecular weight excluding hydrogens is 298 g/mol. The molecule has 1 saturated heterocycles. The standard InChI is InChI=1S/C16H23N3O4/c1-11-17-14-5-7-19(6-4-13(14)16(21)18-11)15(20)10-22-9-12-3-2-8-23-12/h12H,2-10H2,1H3,(H,17,18,21)/t12-/m1/s1. The van der Waals surface area contributed by atoms with Crippen molar-refractivity contribution < 1.29 is 14.3 Å². The number of nitrogens with one attached hydrogen (secondary N) is 1. The highest BCUT2D eigenvalue weighted by molar-refractivity contribution is 5.77. The van der Waals surface area contributed by atoms with Gasteiger partial charge in [0.25, 0.3) is 5.56 Å². The number of hydrogen-bond donors (Lipinski definition) is 1. The fraction of sp³-hybridized carbons (Fsp3) is 0.688. The van der Waals surface area contributed by atoms with E-state index in [-0.39, 0.29) is 24.2 Å². The van der Waals surface area contributed by atoms with E-state index in [4.69, 9.17) is 9.47 Å². The first-order valence-corrected chi connectivity index (χ1v) is 8.19. The topological polar surface area (TPSA) is 84.5 Å². The highest BCUT2D eigenvalue weighted by atomic mass is 16.5. The van der Waals surface area contributed by atoms with E-state index < -0.39 is 0 Å². The summed E-state index contributed by atoms with van der Waals surface area (Å²) in [4.78, 5) is 33.2. The Morgan fingerprint density at radius 3 is 3.04 bits per heavy atom. The lowest BCUT2D eigenvalue weighted by molar-refractivity contribution is -0.137. The molecule has 1 N–H and O–H groups in total. The Kier molecular flexibility index (Phi) is 5.07. The second-order valence-electron chi connectivity index (χ2n) is 6.11. The van der Waals surface area contributed by atoms with Gasteiger partial charge in [0.1, 0.15) is 12.4 Å². The first-order chi connectivity index (χ1) is 11.1. The van der Waals surface area contributed by atoms with Crippen LogP contribution in [-0.4, -0.2) is 59.8 Å². The number of amides is 1. The van der Waals surface area contributed by atoms with E-state index in [1.807, 2.05) is 0 Å². The number of aryl methyl sites for hydroxylation is 1. The van der Waals surface area contributed by atoms with Crippen LogP contribution in [0.1, 0.15) is 29.9 Å². The molecule has 0 bridgehead atoms. The molecule has 126 valence electrons. The van der Waals surface area contributed by atoms with Crippen LogP contribution in [0.4, 0.5) is 0 Å². The fourth-order valence-corrected chi connectivity index (χ4v) is 3.13. The van der Waals surface area contributed by atoms with Gasteiger partial charge in [-0.1, -0.05) is 0 Å². The van der Waals surface area contributed by atoms with Crippen LogP contribution in [0.5, 0.6) is 0 Å². The lowest BCUT2D eigenvalue weighted by atomic mass is 10.1. The van der Waals surface area contributed by atoms with Gasteiger partial charge in [-0.3, -0.25) is 9.59 Å². The molecule has 2 aliphatic heterocycles. The molecule has 0 unspecified atom stereocenters. The van der Waals surface area contributed by atoms with E-state index in [1.54, 1.807) is 11.8 Å². The maximum Gasteiger partial charge on any atom is 0.254 e. The smallest absolute Gasteiger partial charge is 0.254 e. The minimum atomic E-state index is -0.0866. The molecule has 0 aromatic carbocycles. The molecule has 7 heteroatoms. The van der Waals surface area contributed by atoms with Gasteiger partial charge in [-0.25, -0.2) is 4.98 Å². The fourth-order valence-electron chi connectivity index (χ4n) is 3.13. The summed E-state index contributed by atoms with van der Waals surface area (Å²) in [5, 5.41) is 0. The zero-order valence-electron chi connectivity index (χ0n) is 13.5. The molecule has 2 aliphatic rings. The summed E-state index contributed by atoms with van der Waals surface area (Å²) >= 11 is 0. The molecule has 0 aliphatic carbocycles. The van der Waals surface area contributed by atoms with Crippen LogP contribution >= 0.6 is 0 Å². The molecule has 0 radical (unpaired) electrons. The molecule has 1 fully saturated rings. The lowest BCUT2D eigenvalue weighted by Crippen LogP contribution is -2.36. The molecule has 1 amide bonds. The van der Waals surface area contributed by atoms with Crippen LogP contribution in [0.3, 0.4) is 0 Å². The van der Waals surface area contributed by atoms with Crippen molar-refractivity contribution in [2.75, 3.05) is 32.9 Å². The Labute approximate surface area is 135 Å². The first kappa shape index (κ1) is 16.1. The SMILES string of the molecule is Cc1nc2c(c(=O)[nH]1)CCN(C(=O)COC[C@H]1CCCO1)CC2. The zero-order chi connectivity index (χ0) is 16.2. The third kappa shape index (κ3) is 3.97. The normalized spacial score (nSPS) is 21.1. The summed E-state index contributed by atoms with van der Waals surface area (Å²) in [6.07, 6.45) is 3.34. The van der Waals surface area contributed by atoms with Gasteiger partial charge < -0.3 is 19.4 Å². The highest BCUT2D eigenvalue weighted by Crippen LogP contribution is 2.13. The molecule has 7 nitrogen and oxygen atoms in total. The number of aromatic nitrogens is 2. The summed E-state index contributed by atoms with van der Waals surface area (Å²) < 4.78 is 11.0. The van der Waals surface area contributed by atoms with E-state index in [1.165, 1.54) is 0 Å². The molecular formula is C16H23N3O4. The minimum Gasteiger partial charge on any atom is -0.376 e. The Morgan fingerprint density at radius 2 is 2.26 bits per heavy atom. The van der Waals surface area contributed by atoms with E-state index in [0.29, 0.717) is 43.9 Å². The predicted molar refractivity (Wildman–Crippen MR) is 83.4 cm³/mol. The first-order valence-electron chi connectivity index (χ1n) is 8.19. The Morgan fingerprint density at radius 1 is 1.43 bits per heavy atom. The van der Waals surface area contributed by atoms with Crippen LogP contribution in [0.2, 0.25) is 0 Å². The monoisotopic (exact) mass is 321 g/mol. The van der Waals surface area contributed by atoms with E-state index >= 15 is 0 Å². The van der Waals surface area contributed by atoms with Crippen molar-refractivity contribution in [1.82, 2.24) is 14.9 Å². The van der Waals surface area contributed by atoms with E-state index in [2.05, 4.69) is 9.97 Å². The van der Waals surface area contributed by atoms with Crippen LogP contribution in [0, 0.1) is 6.92 Å². The number of aromatic amines is 1. The molecule has 0 spiro atoms. The van der Waals surface area contributed by atoms with Gasteiger partial charge in [0.2, 0.25) is 5.91 Å². The Hall–Kier alpha value is -1.73. The number of carbonyl (C=O) groups is 1. The van der Waals surface area contributed by atoms with Crippen LogP contribution in [-0.2, 0) is 27.1 Å². The van der Waals surface area contributed by atoms with Gasteiger partial charge in [0.15, 0.2) is 0 Å². The molecule has 3 rings (SSSR count). The van der Waals surface area contributed by atoms with Gasteiger partial charge in [-0.2, -0.15) is 0 Å². The van der Waals surface area contributed by atoms with Crippen molar-refractivity contribution in [2.24, 2.45) is 0 Å². The number of ether oxygens (including phenoxy) is 2. The van der Waals surface area contributed by atoms with Crippen molar-refractivity contribution in [3.8, 4) is 0 Å². The van der Waals surface area contributed by atoms with Crippen molar-refractivity contribution >= 4 is 5.91 Å². The largest absolute Gasteiger partial charge is 0.376 e. The number of nitrogens with zero attached hydrogens (tertiary/aromatic N) is 2. The maximum atomic E-state index is 12.3. The number of fused-ring (bicyclic) bond motifs is 1. The molecule has 1 aromatic heterocycles. The molecule has 1 aromatic rings. The van der Waals surface area contributed by atoms with Crippen LogP contribution < -0.4 is 5.56 Å². The summed E-state index contributed by atoms with van der Waals surface area (Å²) in [5.74, 6) is 0.581. The van der Waals surface area contributed by atoms with Gasteiger partial charge in [-0.15, -0.1) is 0 Å². The molecule has 23 heavy (non-hydrogen) atoms. The third-order valence-corrected chi connectivity index (χ3v) is 4.38. The second-order valence-corrected chi connectivity index (χ2v) is 6.11. The summed E-state index contributed by atoms with van der Waals surface area (Å²) in [6, 6.07) is 0. The van der Waals surface area contributed by atoms with E-state index in [9.17, 15) is 9.59 Å². The average molecular weight is 321 g/mol. The lowest BCUT2D eigenvalue weighted by Gasteiger charge is -2.20. The number of carbonyl (C=O) groups excluding carboxylic acids is 1. The Balaban J connectivity index is 1.53. The van der Waals surface area contributed by atoms with Crippen molar-refractivity contribution in [1.29, 1.82) is 0 Å². The second kappa shape index (κ2) is 7.23. The maximum absolute atomic E-state index is 12.3. The van der Waals surface area contributed by atoms with Gasteiger partial charge in [0.05, 0.1) is 18.4 Å². The van der Waals surface area contributed by atoms with Gasteiger partial charge >= 0.3 is 0 Å². The van der Waals surface area contributed by atoms with E-state index in [0.717, 1.165) is 25.1 Å². The number of H-pyrrole nitrogens is 1. The number of hydrogen-bond acceptors (Lipinski definition) is 5. The quantitative estimate of drug-likeness (QED) is 0.856. The Bertz CT molecular complexity index is 622. The van der Waals surface area contributed by atoms with Gasteiger partial charge in [-0.05, 0) is 26.2 Å². The van der Waals surface area contributed by atoms with Crippen molar-refractivity contribution in [3.05, 3.63) is 27.4 Å². The van der Waals surface area contributed by atoms with Gasteiger partial charge in [0, 0.05) is 31.7 Å². The van der Waals surface area contributed by atoms with Crippen LogP contribution in [0.15, 0.2) is 4.79 Å². The third-order valence-electron chi connectivity index (χ3n) is 4.38. The molecule has 0 saturated carbocycles. The van der Waals surface area contributed by atoms with Crippen molar-refractivity contribution in [2.45, 2.75) is 38.7 Å². The predicted octanol–water partition coefficient (Wildman–Crippen LogP) is 0.201. The molecule has 1 atom stereocenters. The summed E-state index contributed by atoms with van der Waals surface area (Å²) in [6.45, 7) is 4.20. The van der Waals surface area contributed by atoms with Crippen LogP contribution in [0.25, 0.3) is 0 Å². The highest BCUT2D eigenvalue weighted by Gasteiger charge is 2.22. The summed E-state index contributed by atoms with van der Waals surface area (Å²) in [5.41, 5.74) is 1.42. The minimum absolute atomic E-state index is 0.0380. The zero-order valence-corrected chi connectivity index (χ0v) is 13.5. The number of rotatable bonds is 4. The average Bonchev–Trinajstić information content (AvgIpc) is 2.92. The summed E-state index contributed by atoms with van der Waals surface area (Å²) in [7, 11) is 0.